The molecule has 1 aromatic rings. The smallest absolute Gasteiger partial charge is 0.0641 e. The normalized spacial score (nSPS) is 21.7. The molecule has 15 heavy (non-hydrogen) atoms. The van der Waals surface area contributed by atoms with Crippen LogP contribution in [0, 0.1) is 0 Å². The van der Waals surface area contributed by atoms with E-state index in [1.54, 1.807) is 0 Å². The number of hydrogen-bond acceptors (Lipinski definition) is 2. The lowest BCUT2D eigenvalue weighted by Crippen LogP contribution is -2.43. The summed E-state index contributed by atoms with van der Waals surface area (Å²) in [6, 6.07) is 2.42. The van der Waals surface area contributed by atoms with Crippen LogP contribution in [0.2, 0.25) is 0 Å². The van der Waals surface area contributed by atoms with Crippen molar-refractivity contribution in [1.82, 2.24) is 4.98 Å². The van der Waals surface area contributed by atoms with Crippen molar-refractivity contribution in [2.75, 3.05) is 18.0 Å². The molecule has 1 aliphatic heterocycles. The maximum atomic E-state index is 5.98. The maximum Gasteiger partial charge on any atom is 0.0641 e. The van der Waals surface area contributed by atoms with Crippen molar-refractivity contribution in [2.24, 2.45) is 5.73 Å². The molecule has 0 bridgehead atoms. The summed E-state index contributed by atoms with van der Waals surface area (Å²) < 4.78 is 0. The van der Waals surface area contributed by atoms with E-state index in [1.165, 1.54) is 12.1 Å². The molecule has 3 nitrogen and oxygen atoms in total. The average molecular weight is 205 g/mol. The Bertz CT molecular complexity index is 354. The van der Waals surface area contributed by atoms with Gasteiger partial charge in [0.2, 0.25) is 0 Å². The molecule has 0 aliphatic carbocycles. The fourth-order valence-corrected chi connectivity index (χ4v) is 2.20. The number of aromatic amines is 1. The molecule has 2 heterocycles. The Labute approximate surface area is 91.0 Å². The number of rotatable bonds is 2. The summed E-state index contributed by atoms with van der Waals surface area (Å²) in [6.45, 7) is 8.07. The van der Waals surface area contributed by atoms with Gasteiger partial charge in [0.05, 0.1) is 11.4 Å². The van der Waals surface area contributed by atoms with E-state index in [4.69, 9.17) is 5.73 Å². The summed E-state index contributed by atoms with van der Waals surface area (Å²) in [6.07, 6.45) is 4.30. The predicted octanol–water partition coefficient (Wildman–Crippen LogP) is 1.98. The van der Waals surface area contributed by atoms with Gasteiger partial charge in [-0.25, -0.2) is 0 Å². The summed E-state index contributed by atoms with van der Waals surface area (Å²) in [5.41, 5.74) is 9.45. The SMILES string of the molecule is C=C(C)c1[nH]ccc1N1CCCC(N)C1. The summed E-state index contributed by atoms with van der Waals surface area (Å²) in [4.78, 5) is 5.59. The highest BCUT2D eigenvalue weighted by Crippen LogP contribution is 2.27. The zero-order chi connectivity index (χ0) is 10.8. The van der Waals surface area contributed by atoms with Crippen LogP contribution in [0.3, 0.4) is 0 Å². The third-order valence-corrected chi connectivity index (χ3v) is 2.95. The van der Waals surface area contributed by atoms with E-state index in [9.17, 15) is 0 Å². The fourth-order valence-electron chi connectivity index (χ4n) is 2.20. The van der Waals surface area contributed by atoms with Crippen LogP contribution in [0.4, 0.5) is 5.69 Å². The maximum absolute atomic E-state index is 5.98. The first-order chi connectivity index (χ1) is 7.18. The van der Waals surface area contributed by atoms with Crippen molar-refractivity contribution in [3.05, 3.63) is 24.5 Å². The van der Waals surface area contributed by atoms with Crippen LogP contribution in [0.5, 0.6) is 0 Å². The zero-order valence-corrected chi connectivity index (χ0v) is 9.29. The van der Waals surface area contributed by atoms with Gasteiger partial charge in [-0.05, 0) is 31.4 Å². The van der Waals surface area contributed by atoms with E-state index >= 15 is 0 Å². The highest BCUT2D eigenvalue weighted by molar-refractivity contribution is 5.72. The molecule has 0 saturated carbocycles. The van der Waals surface area contributed by atoms with Gasteiger partial charge in [-0.1, -0.05) is 6.58 Å². The van der Waals surface area contributed by atoms with Crippen LogP contribution in [-0.4, -0.2) is 24.1 Å². The lowest BCUT2D eigenvalue weighted by atomic mass is 10.1. The van der Waals surface area contributed by atoms with Crippen molar-refractivity contribution in [3.63, 3.8) is 0 Å². The summed E-state index contributed by atoms with van der Waals surface area (Å²) in [5, 5.41) is 0. The first-order valence-corrected chi connectivity index (χ1v) is 5.52. The van der Waals surface area contributed by atoms with E-state index < -0.39 is 0 Å². The van der Waals surface area contributed by atoms with Gasteiger partial charge in [-0.15, -0.1) is 0 Å². The van der Waals surface area contributed by atoms with Crippen LogP contribution < -0.4 is 10.6 Å². The van der Waals surface area contributed by atoms with Gasteiger partial charge in [0.1, 0.15) is 0 Å². The molecule has 0 amide bonds. The number of piperidine rings is 1. The summed E-state index contributed by atoms with van der Waals surface area (Å²) >= 11 is 0. The molecule has 82 valence electrons. The van der Waals surface area contributed by atoms with Gasteiger partial charge in [-0.3, -0.25) is 0 Å². The molecule has 3 N–H and O–H groups in total. The van der Waals surface area contributed by atoms with Crippen LogP contribution in [0.1, 0.15) is 25.5 Å². The average Bonchev–Trinajstić information content (AvgIpc) is 2.65. The number of hydrogen-bond donors (Lipinski definition) is 2. The van der Waals surface area contributed by atoms with Gasteiger partial charge >= 0.3 is 0 Å². The van der Waals surface area contributed by atoms with E-state index in [0.29, 0.717) is 6.04 Å². The van der Waals surface area contributed by atoms with Gasteiger partial charge in [0, 0.05) is 25.3 Å². The molecular weight excluding hydrogens is 186 g/mol. The Morgan fingerprint density at radius 1 is 1.67 bits per heavy atom. The predicted molar refractivity (Wildman–Crippen MR) is 64.9 cm³/mol. The number of H-pyrrole nitrogens is 1. The van der Waals surface area contributed by atoms with Crippen molar-refractivity contribution in [1.29, 1.82) is 0 Å². The molecule has 1 saturated heterocycles. The highest BCUT2D eigenvalue weighted by Gasteiger charge is 2.19. The molecule has 1 aromatic heterocycles. The van der Waals surface area contributed by atoms with Gasteiger partial charge in [-0.2, -0.15) is 0 Å². The van der Waals surface area contributed by atoms with Gasteiger partial charge in [0.15, 0.2) is 0 Å². The Hall–Kier alpha value is -1.22. The standard InChI is InChI=1S/C12H19N3/c1-9(2)12-11(5-6-14-12)15-7-3-4-10(13)8-15/h5-6,10,14H,1,3-4,7-8,13H2,2H3. The van der Waals surface area contributed by atoms with Gasteiger partial charge < -0.3 is 15.6 Å². The van der Waals surface area contributed by atoms with Crippen LogP contribution in [0.15, 0.2) is 18.8 Å². The molecule has 3 heteroatoms. The van der Waals surface area contributed by atoms with Crippen molar-refractivity contribution in [2.45, 2.75) is 25.8 Å². The molecule has 0 spiro atoms. The minimum Gasteiger partial charge on any atom is -0.368 e. The fraction of sp³-hybridized carbons (Fsp3) is 0.500. The molecule has 0 aromatic carbocycles. The summed E-state index contributed by atoms with van der Waals surface area (Å²) in [7, 11) is 0. The topological polar surface area (TPSA) is 45.0 Å². The largest absolute Gasteiger partial charge is 0.368 e. The minimum atomic E-state index is 0.312. The first-order valence-electron chi connectivity index (χ1n) is 5.52. The molecular formula is C12H19N3. The Morgan fingerprint density at radius 3 is 3.13 bits per heavy atom. The van der Waals surface area contributed by atoms with Crippen LogP contribution in [0.25, 0.3) is 5.57 Å². The lowest BCUT2D eigenvalue weighted by molar-refractivity contribution is 0.506. The molecule has 1 unspecified atom stereocenters. The number of nitrogens with zero attached hydrogens (tertiary/aromatic N) is 1. The third-order valence-electron chi connectivity index (χ3n) is 2.95. The second kappa shape index (κ2) is 4.11. The second-order valence-electron chi connectivity index (χ2n) is 4.37. The molecule has 1 fully saturated rings. The summed E-state index contributed by atoms with van der Waals surface area (Å²) in [5.74, 6) is 0. The molecule has 0 radical (unpaired) electrons. The van der Waals surface area contributed by atoms with E-state index in [1.807, 2.05) is 13.1 Å². The third kappa shape index (κ3) is 2.07. The molecule has 1 aliphatic rings. The monoisotopic (exact) mass is 205 g/mol. The van der Waals surface area contributed by atoms with E-state index in [-0.39, 0.29) is 0 Å². The van der Waals surface area contributed by atoms with E-state index in [0.717, 1.165) is 30.8 Å². The number of allylic oxidation sites excluding steroid dienone is 1. The quantitative estimate of drug-likeness (QED) is 0.775. The number of anilines is 1. The van der Waals surface area contributed by atoms with Crippen molar-refractivity contribution < 1.29 is 0 Å². The Morgan fingerprint density at radius 2 is 2.47 bits per heavy atom. The van der Waals surface area contributed by atoms with Crippen LogP contribution >= 0.6 is 0 Å². The highest BCUT2D eigenvalue weighted by atomic mass is 15.2. The van der Waals surface area contributed by atoms with Gasteiger partial charge in [0.25, 0.3) is 0 Å². The Kier molecular flexibility index (Phi) is 2.82. The lowest BCUT2D eigenvalue weighted by Gasteiger charge is -2.32. The number of aromatic nitrogens is 1. The number of nitrogens with one attached hydrogen (secondary N) is 1. The second-order valence-corrected chi connectivity index (χ2v) is 4.37. The van der Waals surface area contributed by atoms with Crippen molar-refractivity contribution in [3.8, 4) is 0 Å². The molecule has 1 atom stereocenters. The minimum absolute atomic E-state index is 0.312. The number of nitrogens with two attached hydrogens (primary N) is 1. The van der Waals surface area contributed by atoms with Crippen LogP contribution in [-0.2, 0) is 0 Å². The molecule has 2 rings (SSSR count). The first kappa shape index (κ1) is 10.3. The van der Waals surface area contributed by atoms with Crippen molar-refractivity contribution >= 4 is 11.3 Å². The zero-order valence-electron chi connectivity index (χ0n) is 9.29. The Balaban J connectivity index is 2.21. The van der Waals surface area contributed by atoms with E-state index in [2.05, 4.69) is 22.5 Å².